The number of hydrogen-bond donors (Lipinski definition) is 1. The molecular formula is C16H16ClN5. The zero-order valence-corrected chi connectivity index (χ0v) is 13.2. The molecular weight excluding hydrogens is 298 g/mol. The first-order valence-electron chi connectivity index (χ1n) is 7.08. The van der Waals surface area contributed by atoms with E-state index in [1.807, 2.05) is 37.4 Å². The predicted molar refractivity (Wildman–Crippen MR) is 88.5 cm³/mol. The molecule has 1 aromatic carbocycles. The van der Waals surface area contributed by atoms with E-state index in [4.69, 9.17) is 11.6 Å². The summed E-state index contributed by atoms with van der Waals surface area (Å²) in [7, 11) is 1.90. The SMILES string of the molecule is CCc1nnc(-c2ccnc(Cl)c2)n1-c1ccccc1NC. The highest BCUT2D eigenvalue weighted by Crippen LogP contribution is 2.28. The Balaban J connectivity index is 2.24. The highest BCUT2D eigenvalue weighted by molar-refractivity contribution is 6.29. The molecule has 0 aliphatic carbocycles. The minimum atomic E-state index is 0.437. The van der Waals surface area contributed by atoms with E-state index >= 15 is 0 Å². The van der Waals surface area contributed by atoms with E-state index in [0.717, 1.165) is 35.0 Å². The molecule has 0 unspecified atom stereocenters. The van der Waals surface area contributed by atoms with Crippen LogP contribution in [0.4, 0.5) is 5.69 Å². The first-order valence-corrected chi connectivity index (χ1v) is 7.45. The van der Waals surface area contributed by atoms with Gasteiger partial charge in [-0.3, -0.25) is 4.57 Å². The maximum Gasteiger partial charge on any atom is 0.168 e. The normalized spacial score (nSPS) is 10.7. The molecule has 5 nitrogen and oxygen atoms in total. The number of benzene rings is 1. The van der Waals surface area contributed by atoms with Crippen molar-refractivity contribution < 1.29 is 0 Å². The molecule has 2 aromatic heterocycles. The van der Waals surface area contributed by atoms with Crippen LogP contribution < -0.4 is 5.32 Å². The summed E-state index contributed by atoms with van der Waals surface area (Å²) in [4.78, 5) is 4.02. The third kappa shape index (κ3) is 2.55. The van der Waals surface area contributed by atoms with Crippen molar-refractivity contribution >= 4 is 17.3 Å². The molecule has 0 spiro atoms. The van der Waals surface area contributed by atoms with Crippen LogP contribution in [0.2, 0.25) is 5.15 Å². The number of rotatable bonds is 4. The minimum absolute atomic E-state index is 0.437. The highest BCUT2D eigenvalue weighted by atomic mass is 35.5. The number of halogens is 1. The average Bonchev–Trinajstić information content (AvgIpc) is 2.98. The summed E-state index contributed by atoms with van der Waals surface area (Å²) in [5, 5.41) is 12.3. The van der Waals surface area contributed by atoms with Crippen LogP contribution in [0.5, 0.6) is 0 Å². The number of nitrogens with one attached hydrogen (secondary N) is 1. The Morgan fingerprint density at radius 1 is 1.18 bits per heavy atom. The second-order valence-corrected chi connectivity index (χ2v) is 5.15. The zero-order valence-electron chi connectivity index (χ0n) is 12.4. The van der Waals surface area contributed by atoms with Gasteiger partial charge in [-0.25, -0.2) is 4.98 Å². The molecule has 0 saturated carbocycles. The van der Waals surface area contributed by atoms with Gasteiger partial charge in [0.1, 0.15) is 11.0 Å². The number of para-hydroxylation sites is 2. The maximum absolute atomic E-state index is 6.01. The van der Waals surface area contributed by atoms with E-state index in [-0.39, 0.29) is 0 Å². The summed E-state index contributed by atoms with van der Waals surface area (Å²) in [5.74, 6) is 1.65. The minimum Gasteiger partial charge on any atom is -0.386 e. The van der Waals surface area contributed by atoms with Crippen LogP contribution >= 0.6 is 11.6 Å². The van der Waals surface area contributed by atoms with Crippen LogP contribution in [0, 0.1) is 0 Å². The van der Waals surface area contributed by atoms with E-state index in [1.165, 1.54) is 0 Å². The van der Waals surface area contributed by atoms with Crippen molar-refractivity contribution in [3.8, 4) is 17.1 Å². The molecule has 1 N–H and O–H groups in total. The summed E-state index contributed by atoms with van der Waals surface area (Å²) in [6, 6.07) is 11.7. The Labute approximate surface area is 134 Å². The summed E-state index contributed by atoms with van der Waals surface area (Å²) in [5.41, 5.74) is 2.91. The van der Waals surface area contributed by atoms with Crippen molar-refractivity contribution in [1.82, 2.24) is 19.7 Å². The van der Waals surface area contributed by atoms with Gasteiger partial charge in [0.05, 0.1) is 11.4 Å². The van der Waals surface area contributed by atoms with Crippen LogP contribution in [-0.4, -0.2) is 26.8 Å². The van der Waals surface area contributed by atoms with E-state index in [2.05, 4.69) is 32.0 Å². The smallest absolute Gasteiger partial charge is 0.168 e. The van der Waals surface area contributed by atoms with Crippen molar-refractivity contribution in [2.24, 2.45) is 0 Å². The standard InChI is InChI=1S/C16H16ClN5/c1-3-15-20-21-16(11-8-9-19-14(17)10-11)22(15)13-7-5-4-6-12(13)18-2/h4-10,18H,3H2,1-2H3. The van der Waals surface area contributed by atoms with Gasteiger partial charge < -0.3 is 5.32 Å². The highest BCUT2D eigenvalue weighted by Gasteiger charge is 2.16. The van der Waals surface area contributed by atoms with E-state index in [0.29, 0.717) is 5.15 Å². The van der Waals surface area contributed by atoms with Crippen molar-refractivity contribution in [2.75, 3.05) is 12.4 Å². The van der Waals surface area contributed by atoms with Crippen molar-refractivity contribution in [1.29, 1.82) is 0 Å². The van der Waals surface area contributed by atoms with Gasteiger partial charge in [0, 0.05) is 25.2 Å². The summed E-state index contributed by atoms with van der Waals surface area (Å²) in [6.45, 7) is 2.06. The molecule has 3 aromatic rings. The molecule has 0 bridgehead atoms. The van der Waals surface area contributed by atoms with Gasteiger partial charge in [0.25, 0.3) is 0 Å². The second kappa shape index (κ2) is 6.15. The number of anilines is 1. The Kier molecular flexibility index (Phi) is 4.06. The third-order valence-electron chi connectivity index (χ3n) is 3.45. The van der Waals surface area contributed by atoms with E-state index < -0.39 is 0 Å². The lowest BCUT2D eigenvalue weighted by Gasteiger charge is -2.14. The lowest BCUT2D eigenvalue weighted by atomic mass is 10.2. The van der Waals surface area contributed by atoms with Gasteiger partial charge in [-0.1, -0.05) is 30.7 Å². The van der Waals surface area contributed by atoms with Gasteiger partial charge in [0.2, 0.25) is 0 Å². The quantitative estimate of drug-likeness (QED) is 0.748. The van der Waals surface area contributed by atoms with Crippen LogP contribution in [0.1, 0.15) is 12.7 Å². The molecule has 112 valence electrons. The molecule has 2 heterocycles. The van der Waals surface area contributed by atoms with Gasteiger partial charge in [0.15, 0.2) is 5.82 Å². The van der Waals surface area contributed by atoms with Crippen molar-refractivity contribution in [3.05, 3.63) is 53.6 Å². The second-order valence-electron chi connectivity index (χ2n) is 4.76. The molecule has 0 saturated heterocycles. The van der Waals surface area contributed by atoms with Gasteiger partial charge in [-0.15, -0.1) is 10.2 Å². The monoisotopic (exact) mass is 313 g/mol. The topological polar surface area (TPSA) is 55.6 Å². The fourth-order valence-corrected chi connectivity index (χ4v) is 2.58. The Morgan fingerprint density at radius 2 is 2.00 bits per heavy atom. The first-order chi connectivity index (χ1) is 10.7. The van der Waals surface area contributed by atoms with Crippen LogP contribution in [0.3, 0.4) is 0 Å². The molecule has 6 heteroatoms. The van der Waals surface area contributed by atoms with Gasteiger partial charge >= 0.3 is 0 Å². The summed E-state index contributed by atoms with van der Waals surface area (Å²) >= 11 is 6.01. The van der Waals surface area contributed by atoms with Gasteiger partial charge in [-0.2, -0.15) is 0 Å². The van der Waals surface area contributed by atoms with Crippen LogP contribution in [-0.2, 0) is 6.42 Å². The van der Waals surface area contributed by atoms with Gasteiger partial charge in [-0.05, 0) is 24.3 Å². The third-order valence-corrected chi connectivity index (χ3v) is 3.65. The lowest BCUT2D eigenvalue weighted by molar-refractivity contribution is 0.885. The fraction of sp³-hybridized carbons (Fsp3) is 0.188. The zero-order chi connectivity index (χ0) is 15.5. The molecule has 0 amide bonds. The summed E-state index contributed by atoms with van der Waals surface area (Å²) < 4.78 is 2.05. The van der Waals surface area contributed by atoms with Crippen LogP contribution in [0.15, 0.2) is 42.6 Å². The van der Waals surface area contributed by atoms with Crippen molar-refractivity contribution in [2.45, 2.75) is 13.3 Å². The summed E-state index contributed by atoms with van der Waals surface area (Å²) in [6.07, 6.45) is 2.45. The molecule has 0 radical (unpaired) electrons. The molecule has 22 heavy (non-hydrogen) atoms. The Bertz CT molecular complexity index is 797. The predicted octanol–water partition coefficient (Wildman–Crippen LogP) is 3.59. The molecule has 0 aliphatic rings. The first kappa shape index (κ1) is 14.5. The number of pyridine rings is 1. The Morgan fingerprint density at radius 3 is 2.73 bits per heavy atom. The maximum atomic E-state index is 6.01. The number of hydrogen-bond acceptors (Lipinski definition) is 4. The number of aromatic nitrogens is 4. The van der Waals surface area contributed by atoms with E-state index in [9.17, 15) is 0 Å². The molecule has 0 aliphatic heterocycles. The lowest BCUT2D eigenvalue weighted by Crippen LogP contribution is -2.05. The molecule has 0 fully saturated rings. The molecule has 3 rings (SSSR count). The Hall–Kier alpha value is -2.40. The largest absolute Gasteiger partial charge is 0.386 e. The van der Waals surface area contributed by atoms with Crippen molar-refractivity contribution in [3.63, 3.8) is 0 Å². The molecule has 0 atom stereocenters. The number of aryl methyl sites for hydroxylation is 1. The number of nitrogens with zero attached hydrogens (tertiary/aromatic N) is 4. The van der Waals surface area contributed by atoms with E-state index in [1.54, 1.807) is 12.3 Å². The van der Waals surface area contributed by atoms with Crippen LogP contribution in [0.25, 0.3) is 17.1 Å². The average molecular weight is 314 g/mol. The fourth-order valence-electron chi connectivity index (χ4n) is 2.41.